The fourth-order valence-corrected chi connectivity index (χ4v) is 1.25. The van der Waals surface area contributed by atoms with Crippen molar-refractivity contribution in [3.05, 3.63) is 34.9 Å². The standard InChI is InChI=1S/C9H9Cl2F/c10-7-1-4-9(12)5-2-8(11)3-6-9/h1-3,5,7H,4,6H2. The molecule has 1 aliphatic rings. The van der Waals surface area contributed by atoms with Gasteiger partial charge in [0.15, 0.2) is 0 Å². The van der Waals surface area contributed by atoms with Crippen molar-refractivity contribution in [2.45, 2.75) is 18.5 Å². The molecule has 66 valence electrons. The van der Waals surface area contributed by atoms with Crippen LogP contribution in [0.15, 0.2) is 34.9 Å². The monoisotopic (exact) mass is 206 g/mol. The Bertz CT molecular complexity index is 239. The maximum atomic E-state index is 13.6. The van der Waals surface area contributed by atoms with Crippen molar-refractivity contribution in [3.8, 4) is 0 Å². The van der Waals surface area contributed by atoms with E-state index in [4.69, 9.17) is 23.2 Å². The first-order valence-electron chi connectivity index (χ1n) is 3.65. The predicted octanol–water partition coefficient (Wildman–Crippen LogP) is 3.92. The molecule has 0 radical (unpaired) electrons. The quantitative estimate of drug-likeness (QED) is 0.643. The zero-order valence-corrected chi connectivity index (χ0v) is 7.95. The van der Waals surface area contributed by atoms with Crippen molar-refractivity contribution in [1.82, 2.24) is 0 Å². The molecule has 0 saturated carbocycles. The van der Waals surface area contributed by atoms with E-state index in [0.717, 1.165) is 0 Å². The predicted molar refractivity (Wildman–Crippen MR) is 51.1 cm³/mol. The van der Waals surface area contributed by atoms with E-state index < -0.39 is 5.67 Å². The van der Waals surface area contributed by atoms with Crippen LogP contribution in [0.25, 0.3) is 0 Å². The molecule has 0 saturated heterocycles. The first kappa shape index (κ1) is 9.82. The van der Waals surface area contributed by atoms with Gasteiger partial charge in [-0.25, -0.2) is 4.39 Å². The van der Waals surface area contributed by atoms with Gasteiger partial charge in [-0.15, -0.1) is 0 Å². The van der Waals surface area contributed by atoms with Gasteiger partial charge in [-0.2, -0.15) is 0 Å². The number of halogens is 3. The van der Waals surface area contributed by atoms with Crippen LogP contribution in [-0.2, 0) is 0 Å². The van der Waals surface area contributed by atoms with Crippen molar-refractivity contribution in [2.75, 3.05) is 0 Å². The SMILES string of the molecule is FC1(CC=CCl)C=CC(Cl)=CC1. The second kappa shape index (κ2) is 4.11. The first-order valence-corrected chi connectivity index (χ1v) is 4.47. The van der Waals surface area contributed by atoms with Gasteiger partial charge in [-0.3, -0.25) is 0 Å². The van der Waals surface area contributed by atoms with Crippen LogP contribution in [0.3, 0.4) is 0 Å². The van der Waals surface area contributed by atoms with E-state index in [9.17, 15) is 4.39 Å². The van der Waals surface area contributed by atoms with Gasteiger partial charge in [0.2, 0.25) is 0 Å². The van der Waals surface area contributed by atoms with Gasteiger partial charge in [0.1, 0.15) is 5.67 Å². The number of alkyl halides is 1. The third kappa shape index (κ3) is 2.65. The smallest absolute Gasteiger partial charge is 0.136 e. The molecule has 0 aromatic heterocycles. The lowest BCUT2D eigenvalue weighted by Crippen LogP contribution is -2.19. The molecule has 1 aliphatic carbocycles. The molecular formula is C9H9Cl2F. The molecule has 1 rings (SSSR count). The van der Waals surface area contributed by atoms with E-state index in [2.05, 4.69) is 0 Å². The maximum absolute atomic E-state index is 13.6. The van der Waals surface area contributed by atoms with E-state index in [1.165, 1.54) is 11.6 Å². The lowest BCUT2D eigenvalue weighted by molar-refractivity contribution is 0.235. The summed E-state index contributed by atoms with van der Waals surface area (Å²) in [6.45, 7) is 0. The largest absolute Gasteiger partial charge is 0.239 e. The van der Waals surface area contributed by atoms with Gasteiger partial charge < -0.3 is 0 Å². The minimum absolute atomic E-state index is 0.299. The Labute approximate surface area is 81.4 Å². The van der Waals surface area contributed by atoms with E-state index in [1.807, 2.05) is 0 Å². The van der Waals surface area contributed by atoms with Crippen LogP contribution in [0.2, 0.25) is 0 Å². The zero-order chi connectivity index (χ0) is 9.03. The lowest BCUT2D eigenvalue weighted by Gasteiger charge is -2.20. The van der Waals surface area contributed by atoms with Crippen molar-refractivity contribution >= 4 is 23.2 Å². The highest BCUT2D eigenvalue weighted by atomic mass is 35.5. The molecule has 0 aromatic carbocycles. The zero-order valence-electron chi connectivity index (χ0n) is 6.43. The third-order valence-corrected chi connectivity index (χ3v) is 2.18. The Balaban J connectivity index is 2.59. The summed E-state index contributed by atoms with van der Waals surface area (Å²) in [5.41, 5.74) is 0.0267. The minimum atomic E-state index is -1.30. The second-order valence-corrected chi connectivity index (χ2v) is 3.42. The van der Waals surface area contributed by atoms with Crippen molar-refractivity contribution < 1.29 is 4.39 Å². The topological polar surface area (TPSA) is 0 Å². The van der Waals surface area contributed by atoms with Crippen molar-refractivity contribution in [1.29, 1.82) is 0 Å². The maximum Gasteiger partial charge on any atom is 0.136 e. The van der Waals surface area contributed by atoms with E-state index in [-0.39, 0.29) is 0 Å². The van der Waals surface area contributed by atoms with Gasteiger partial charge in [-0.1, -0.05) is 35.4 Å². The Hall–Kier alpha value is -0.270. The van der Waals surface area contributed by atoms with Crippen molar-refractivity contribution in [3.63, 3.8) is 0 Å². The summed E-state index contributed by atoms with van der Waals surface area (Å²) in [5.74, 6) is 0. The van der Waals surface area contributed by atoms with Crippen LogP contribution >= 0.6 is 23.2 Å². The summed E-state index contributed by atoms with van der Waals surface area (Å²) in [6.07, 6.45) is 6.94. The van der Waals surface area contributed by atoms with E-state index >= 15 is 0 Å². The average Bonchev–Trinajstić information content (AvgIpc) is 2.08. The highest BCUT2D eigenvalue weighted by molar-refractivity contribution is 6.31. The number of hydrogen-bond acceptors (Lipinski definition) is 0. The molecule has 3 heteroatoms. The molecular weight excluding hydrogens is 198 g/mol. The van der Waals surface area contributed by atoms with Crippen LogP contribution in [0.1, 0.15) is 12.8 Å². The van der Waals surface area contributed by atoms with Gasteiger partial charge in [0.05, 0.1) is 0 Å². The highest BCUT2D eigenvalue weighted by Gasteiger charge is 2.25. The van der Waals surface area contributed by atoms with E-state index in [0.29, 0.717) is 17.9 Å². The molecule has 12 heavy (non-hydrogen) atoms. The van der Waals surface area contributed by atoms with E-state index in [1.54, 1.807) is 18.2 Å². The molecule has 0 fully saturated rings. The Kier molecular flexibility index (Phi) is 3.36. The van der Waals surface area contributed by atoms with Crippen LogP contribution in [0, 0.1) is 0 Å². The van der Waals surface area contributed by atoms with Gasteiger partial charge in [0.25, 0.3) is 0 Å². The van der Waals surface area contributed by atoms with Crippen LogP contribution < -0.4 is 0 Å². The van der Waals surface area contributed by atoms with Crippen LogP contribution in [0.5, 0.6) is 0 Å². The summed E-state index contributed by atoms with van der Waals surface area (Å²) in [6, 6.07) is 0. The average molecular weight is 207 g/mol. The Morgan fingerprint density at radius 1 is 1.67 bits per heavy atom. The molecule has 1 unspecified atom stereocenters. The fourth-order valence-electron chi connectivity index (χ4n) is 1.02. The summed E-state index contributed by atoms with van der Waals surface area (Å²) in [7, 11) is 0. The number of allylic oxidation sites excluding steroid dienone is 5. The molecule has 0 bridgehead atoms. The molecule has 0 heterocycles. The van der Waals surface area contributed by atoms with Gasteiger partial charge >= 0.3 is 0 Å². The van der Waals surface area contributed by atoms with Crippen LogP contribution in [0.4, 0.5) is 4.39 Å². The lowest BCUT2D eigenvalue weighted by atomic mass is 9.94. The summed E-state index contributed by atoms with van der Waals surface area (Å²) in [5, 5.41) is 0.595. The van der Waals surface area contributed by atoms with Crippen molar-refractivity contribution in [2.24, 2.45) is 0 Å². The minimum Gasteiger partial charge on any atom is -0.239 e. The molecule has 0 spiro atoms. The first-order chi connectivity index (χ1) is 5.66. The third-order valence-electron chi connectivity index (χ3n) is 1.72. The Morgan fingerprint density at radius 3 is 2.92 bits per heavy atom. The molecule has 0 aromatic rings. The Morgan fingerprint density at radius 2 is 2.42 bits per heavy atom. The molecule has 0 nitrogen and oxygen atoms in total. The van der Waals surface area contributed by atoms with Gasteiger partial charge in [-0.05, 0) is 12.2 Å². The number of rotatable bonds is 2. The molecule has 0 aliphatic heterocycles. The summed E-state index contributed by atoms with van der Waals surface area (Å²) in [4.78, 5) is 0. The van der Waals surface area contributed by atoms with Crippen LogP contribution in [-0.4, -0.2) is 5.67 Å². The highest BCUT2D eigenvalue weighted by Crippen LogP contribution is 2.29. The molecule has 1 atom stereocenters. The fraction of sp³-hybridized carbons (Fsp3) is 0.333. The summed E-state index contributed by atoms with van der Waals surface area (Å²) >= 11 is 10.9. The molecule has 0 amide bonds. The van der Waals surface area contributed by atoms with Gasteiger partial charge in [0, 0.05) is 23.4 Å². The normalized spacial score (nSPS) is 29.4. The number of hydrogen-bond donors (Lipinski definition) is 0. The summed E-state index contributed by atoms with van der Waals surface area (Å²) < 4.78 is 13.6. The molecule has 0 N–H and O–H groups in total. The second-order valence-electron chi connectivity index (χ2n) is 2.73.